The van der Waals surface area contributed by atoms with Gasteiger partial charge in [-0.1, -0.05) is 36.4 Å². The first-order valence-electron chi connectivity index (χ1n) is 8.31. The summed E-state index contributed by atoms with van der Waals surface area (Å²) in [6, 6.07) is 14.7. The molecule has 0 saturated heterocycles. The highest BCUT2D eigenvalue weighted by molar-refractivity contribution is 7.71. The number of nitro benzene ring substituents is 1. The Bertz CT molecular complexity index is 1260. The highest BCUT2D eigenvalue weighted by Crippen LogP contribution is 2.16. The summed E-state index contributed by atoms with van der Waals surface area (Å²) in [6.07, 6.45) is 0. The van der Waals surface area contributed by atoms with Gasteiger partial charge in [-0.05, 0) is 23.5 Å². The summed E-state index contributed by atoms with van der Waals surface area (Å²) < 4.78 is 1.21. The third-order valence-corrected chi connectivity index (χ3v) is 4.29. The fourth-order valence-electron chi connectivity index (χ4n) is 2.67. The van der Waals surface area contributed by atoms with Crippen molar-refractivity contribution in [2.24, 2.45) is 0 Å². The summed E-state index contributed by atoms with van der Waals surface area (Å²) >= 11 is 5.16. The van der Waals surface area contributed by atoms with Gasteiger partial charge < -0.3 is 0 Å². The van der Waals surface area contributed by atoms with Gasteiger partial charge in [0.25, 0.3) is 11.6 Å². The van der Waals surface area contributed by atoms with Crippen LogP contribution in [0.25, 0.3) is 11.4 Å². The lowest BCUT2D eigenvalue weighted by atomic mass is 10.2. The predicted molar refractivity (Wildman–Crippen MR) is 103 cm³/mol. The Hall–Kier alpha value is -4.06. The van der Waals surface area contributed by atoms with Gasteiger partial charge in [0.05, 0.1) is 4.92 Å². The molecule has 0 saturated carbocycles. The molecule has 0 atom stereocenters. The van der Waals surface area contributed by atoms with Crippen LogP contribution in [0.15, 0.2) is 54.6 Å². The lowest BCUT2D eigenvalue weighted by Crippen LogP contribution is -2.18. The van der Waals surface area contributed by atoms with Gasteiger partial charge in [0.2, 0.25) is 10.6 Å². The molecule has 0 amide bonds. The molecule has 11 nitrogen and oxygen atoms in total. The molecule has 0 radical (unpaired) electrons. The number of rotatable bonds is 5. The minimum absolute atomic E-state index is 0.0215. The predicted octanol–water partition coefficient (Wildman–Crippen LogP) is 2.24. The fraction of sp³-hybridized carbons (Fsp3) is 0.0588. The maximum absolute atomic E-state index is 12.9. The highest BCUT2D eigenvalue weighted by Gasteiger charge is 2.19. The zero-order chi connectivity index (χ0) is 20.4. The van der Waals surface area contributed by atoms with E-state index in [1.54, 1.807) is 0 Å². The van der Waals surface area contributed by atoms with Crippen LogP contribution in [0.2, 0.25) is 0 Å². The first kappa shape index (κ1) is 18.3. The maximum atomic E-state index is 12.9. The zero-order valence-corrected chi connectivity index (χ0v) is 15.5. The second kappa shape index (κ2) is 7.52. The van der Waals surface area contributed by atoms with Crippen molar-refractivity contribution < 1.29 is 9.72 Å². The van der Waals surface area contributed by atoms with E-state index in [0.717, 1.165) is 10.1 Å². The Morgan fingerprint density at radius 2 is 1.97 bits per heavy atom. The fourth-order valence-corrected chi connectivity index (χ4v) is 2.90. The van der Waals surface area contributed by atoms with Crippen molar-refractivity contribution in [2.45, 2.75) is 6.54 Å². The quantitative estimate of drug-likeness (QED) is 0.301. The minimum atomic E-state index is -0.573. The van der Waals surface area contributed by atoms with Gasteiger partial charge in [-0.2, -0.15) is 9.90 Å². The molecule has 0 aliphatic heterocycles. The van der Waals surface area contributed by atoms with Crippen molar-refractivity contribution in [2.75, 3.05) is 0 Å². The zero-order valence-electron chi connectivity index (χ0n) is 14.7. The smallest absolute Gasteiger partial charge is 0.268 e. The largest absolute Gasteiger partial charge is 0.270 e. The van der Waals surface area contributed by atoms with Gasteiger partial charge in [-0.15, -0.1) is 10.2 Å². The maximum Gasteiger partial charge on any atom is 0.270 e. The van der Waals surface area contributed by atoms with Gasteiger partial charge in [0.15, 0.2) is 5.82 Å². The molecule has 12 heteroatoms. The van der Waals surface area contributed by atoms with Crippen LogP contribution in [-0.4, -0.2) is 45.8 Å². The van der Waals surface area contributed by atoms with E-state index in [2.05, 4.69) is 25.6 Å². The van der Waals surface area contributed by atoms with E-state index in [1.165, 1.54) is 29.1 Å². The number of nitrogens with zero attached hydrogens (tertiary/aromatic N) is 7. The van der Waals surface area contributed by atoms with Crippen molar-refractivity contribution in [3.8, 4) is 11.4 Å². The number of hydrogen-bond acceptors (Lipinski definition) is 8. The van der Waals surface area contributed by atoms with Crippen LogP contribution in [0.3, 0.4) is 0 Å². The number of benzene rings is 2. The van der Waals surface area contributed by atoms with Gasteiger partial charge in [0, 0.05) is 23.3 Å². The van der Waals surface area contributed by atoms with E-state index in [-0.39, 0.29) is 28.4 Å². The van der Waals surface area contributed by atoms with Gasteiger partial charge in [-0.25, -0.2) is 4.57 Å². The number of nitrogens with one attached hydrogen (secondary N) is 1. The molecule has 4 rings (SSSR count). The molecule has 29 heavy (non-hydrogen) atoms. The lowest BCUT2D eigenvalue weighted by Gasteiger charge is -2.05. The molecular weight excluding hydrogens is 396 g/mol. The lowest BCUT2D eigenvalue weighted by molar-refractivity contribution is -0.384. The summed E-state index contributed by atoms with van der Waals surface area (Å²) in [7, 11) is 0. The van der Waals surface area contributed by atoms with Crippen LogP contribution in [-0.2, 0) is 6.54 Å². The van der Waals surface area contributed by atoms with Crippen molar-refractivity contribution in [3.63, 3.8) is 0 Å². The number of hydrogen-bond donors (Lipinski definition) is 1. The number of tetrazole rings is 1. The summed E-state index contributed by atoms with van der Waals surface area (Å²) in [5.74, 6) is 0.116. The normalized spacial score (nSPS) is 10.8. The van der Waals surface area contributed by atoms with E-state index in [9.17, 15) is 14.9 Å². The Balaban J connectivity index is 1.64. The number of carbonyl (C=O) groups excluding carboxylic acids is 1. The average Bonchev–Trinajstić information content (AvgIpc) is 3.35. The Morgan fingerprint density at radius 1 is 1.17 bits per heavy atom. The third-order valence-electron chi connectivity index (χ3n) is 4.02. The molecule has 2 aromatic carbocycles. The minimum Gasteiger partial charge on any atom is -0.268 e. The molecule has 144 valence electrons. The second-order valence-electron chi connectivity index (χ2n) is 5.90. The van der Waals surface area contributed by atoms with E-state index in [4.69, 9.17) is 12.2 Å². The van der Waals surface area contributed by atoms with Crippen molar-refractivity contribution in [3.05, 3.63) is 80.9 Å². The van der Waals surface area contributed by atoms with Crippen LogP contribution in [0.4, 0.5) is 5.69 Å². The van der Waals surface area contributed by atoms with Crippen molar-refractivity contribution in [1.82, 2.24) is 35.0 Å². The number of non-ortho nitro benzene ring substituents is 1. The molecular formula is C17H12N8O3S. The Morgan fingerprint density at radius 3 is 2.72 bits per heavy atom. The van der Waals surface area contributed by atoms with Crippen LogP contribution >= 0.6 is 12.2 Å². The summed E-state index contributed by atoms with van der Waals surface area (Å²) in [5.41, 5.74) is 0.706. The monoisotopic (exact) mass is 408 g/mol. The molecule has 0 spiro atoms. The van der Waals surface area contributed by atoms with Crippen molar-refractivity contribution in [1.29, 1.82) is 0 Å². The number of aromatic nitrogens is 7. The van der Waals surface area contributed by atoms with Crippen molar-refractivity contribution >= 4 is 23.8 Å². The van der Waals surface area contributed by atoms with Gasteiger partial charge in [-0.3, -0.25) is 20.0 Å². The van der Waals surface area contributed by atoms with Gasteiger partial charge >= 0.3 is 0 Å². The van der Waals surface area contributed by atoms with Crippen LogP contribution < -0.4 is 0 Å². The molecule has 0 bridgehead atoms. The number of H-pyrrole nitrogens is 1. The summed E-state index contributed by atoms with van der Waals surface area (Å²) in [4.78, 5) is 24.6. The number of nitro groups is 1. The van der Waals surface area contributed by atoms with E-state index in [1.807, 2.05) is 30.3 Å². The van der Waals surface area contributed by atoms with E-state index < -0.39 is 10.8 Å². The first-order valence-corrected chi connectivity index (χ1v) is 8.72. The van der Waals surface area contributed by atoms with E-state index in [0.29, 0.717) is 5.82 Å². The summed E-state index contributed by atoms with van der Waals surface area (Å²) in [6.45, 7) is 0.0215. The molecule has 0 aliphatic carbocycles. The SMILES string of the molecule is O=C(c1cccc([N+](=O)[O-])c1)n1c(Cn2nnc(-c3ccccc3)n2)n[nH]c1=S. The Labute approximate surface area is 167 Å². The standard InChI is InChI=1S/C17H12N8O3S/c26-16(12-7-4-8-13(9-12)25(27)28)24-14(18-20-17(24)29)10-23-21-15(19-22-23)11-5-2-1-3-6-11/h1-9H,10H2,(H,20,29). The molecule has 2 aromatic heterocycles. The second-order valence-corrected chi connectivity index (χ2v) is 6.29. The van der Waals surface area contributed by atoms with Crippen LogP contribution in [0.1, 0.15) is 16.2 Å². The summed E-state index contributed by atoms with van der Waals surface area (Å²) in [5, 5.41) is 29.9. The highest BCUT2D eigenvalue weighted by atomic mass is 32.1. The topological polar surface area (TPSA) is 137 Å². The average molecular weight is 408 g/mol. The number of carbonyl (C=O) groups is 1. The van der Waals surface area contributed by atoms with Crippen LogP contribution in [0, 0.1) is 14.9 Å². The molecule has 0 aliphatic rings. The first-order chi connectivity index (χ1) is 14.0. The molecule has 0 unspecified atom stereocenters. The van der Waals surface area contributed by atoms with Crippen LogP contribution in [0.5, 0.6) is 0 Å². The van der Waals surface area contributed by atoms with Gasteiger partial charge in [0.1, 0.15) is 6.54 Å². The van der Waals surface area contributed by atoms with E-state index >= 15 is 0 Å². The molecule has 0 fully saturated rings. The number of aromatic amines is 1. The molecule has 4 aromatic rings. The molecule has 2 heterocycles. The molecule has 1 N–H and O–H groups in total. The Kier molecular flexibility index (Phi) is 4.75. The third kappa shape index (κ3) is 3.68.